The fraction of sp³-hybridized carbons (Fsp3) is 0.273. The molecule has 2 amide bonds. The predicted molar refractivity (Wildman–Crippen MR) is 114 cm³/mol. The lowest BCUT2D eigenvalue weighted by Gasteiger charge is -2.32. The molecule has 0 saturated heterocycles. The summed E-state index contributed by atoms with van der Waals surface area (Å²) in [6, 6.07) is 10.5. The van der Waals surface area contributed by atoms with Crippen LogP contribution in [0.3, 0.4) is 0 Å². The van der Waals surface area contributed by atoms with Crippen LogP contribution in [0.5, 0.6) is 0 Å². The smallest absolute Gasteiger partial charge is 0.359 e. The summed E-state index contributed by atoms with van der Waals surface area (Å²) >= 11 is 6.10. The molecule has 2 atom stereocenters. The molecule has 33 heavy (non-hydrogen) atoms. The molecule has 172 valence electrons. The van der Waals surface area contributed by atoms with Gasteiger partial charge < -0.3 is 10.6 Å². The highest BCUT2D eigenvalue weighted by Gasteiger charge is 2.38. The molecule has 0 unspecified atom stereocenters. The highest BCUT2D eigenvalue weighted by Crippen LogP contribution is 2.31. The van der Waals surface area contributed by atoms with Crippen LogP contribution in [0.1, 0.15) is 27.3 Å². The van der Waals surface area contributed by atoms with Crippen LogP contribution < -0.4 is 10.6 Å². The summed E-state index contributed by atoms with van der Waals surface area (Å²) in [6.07, 6.45) is -2.71. The summed E-state index contributed by atoms with van der Waals surface area (Å²) in [5.74, 6) is -1.80. The molecular weight excluding hydrogens is 459 g/mol. The number of carbonyl (C=O) groups excluding carboxylic acids is 2. The van der Waals surface area contributed by atoms with Crippen LogP contribution in [-0.2, 0) is 23.8 Å². The van der Waals surface area contributed by atoms with E-state index in [0.717, 1.165) is 15.8 Å². The highest BCUT2D eigenvalue weighted by molar-refractivity contribution is 6.32. The number of carbonyl (C=O) groups is 2. The summed E-state index contributed by atoms with van der Waals surface area (Å²) in [5, 5.41) is 8.89. The van der Waals surface area contributed by atoms with Crippen LogP contribution in [0.15, 0.2) is 48.7 Å². The SMILES string of the molecule is CNC(=O)[C@H]1Cc2ccccc2C[C@H]1NC(=O)c1cc(C(F)(F)F)nn1-c1ncccc1Cl. The molecule has 1 aromatic carbocycles. The molecule has 2 heterocycles. The fourth-order valence-electron chi connectivity index (χ4n) is 3.94. The highest BCUT2D eigenvalue weighted by atomic mass is 35.5. The number of pyridine rings is 1. The normalized spacial score (nSPS) is 17.8. The van der Waals surface area contributed by atoms with Gasteiger partial charge in [-0.05, 0) is 36.1 Å². The van der Waals surface area contributed by atoms with E-state index in [9.17, 15) is 22.8 Å². The van der Waals surface area contributed by atoms with Crippen LogP contribution in [0, 0.1) is 5.92 Å². The molecule has 0 bridgehead atoms. The Bertz CT molecular complexity index is 1210. The van der Waals surface area contributed by atoms with Crippen molar-refractivity contribution in [3.8, 4) is 5.82 Å². The third-order valence-corrected chi connectivity index (χ3v) is 5.85. The summed E-state index contributed by atoms with van der Waals surface area (Å²) in [5.41, 5.74) is 0.296. The van der Waals surface area contributed by atoms with Crippen LogP contribution in [-0.4, -0.2) is 39.7 Å². The molecule has 0 radical (unpaired) electrons. The molecule has 0 saturated carbocycles. The van der Waals surface area contributed by atoms with Crippen LogP contribution in [0.4, 0.5) is 13.2 Å². The van der Waals surface area contributed by atoms with Crippen LogP contribution in [0.2, 0.25) is 5.02 Å². The average Bonchev–Trinajstić information content (AvgIpc) is 3.24. The number of fused-ring (bicyclic) bond motifs is 1. The number of aromatic nitrogens is 3. The Balaban J connectivity index is 1.71. The number of benzene rings is 1. The van der Waals surface area contributed by atoms with Crippen molar-refractivity contribution >= 4 is 23.4 Å². The standard InChI is InChI=1S/C22H19ClF3N5O2/c1-27-20(32)14-9-12-5-2-3-6-13(12)10-16(14)29-21(33)17-11-18(22(24,25)26)30-31(17)19-15(23)7-4-8-28-19/h2-8,11,14,16H,9-10H2,1H3,(H,27,32)(H,29,33)/t14-,16+/m0/s1. The zero-order valence-corrected chi connectivity index (χ0v) is 18.1. The Morgan fingerprint density at radius 1 is 1.12 bits per heavy atom. The first-order chi connectivity index (χ1) is 15.7. The van der Waals surface area contributed by atoms with E-state index in [1.807, 2.05) is 24.3 Å². The Labute approximate surface area is 192 Å². The van der Waals surface area contributed by atoms with E-state index in [0.29, 0.717) is 18.9 Å². The van der Waals surface area contributed by atoms with Gasteiger partial charge in [0.05, 0.1) is 10.9 Å². The van der Waals surface area contributed by atoms with Crippen molar-refractivity contribution in [3.63, 3.8) is 0 Å². The number of hydrogen-bond donors (Lipinski definition) is 2. The lowest BCUT2D eigenvalue weighted by atomic mass is 9.79. The fourth-order valence-corrected chi connectivity index (χ4v) is 4.15. The van der Waals surface area contributed by atoms with Crippen molar-refractivity contribution in [2.45, 2.75) is 25.1 Å². The molecular formula is C22H19ClF3N5O2. The van der Waals surface area contributed by atoms with E-state index in [2.05, 4.69) is 20.7 Å². The monoisotopic (exact) mass is 477 g/mol. The van der Waals surface area contributed by atoms with Gasteiger partial charge in [0, 0.05) is 25.4 Å². The van der Waals surface area contributed by atoms with Crippen molar-refractivity contribution in [1.29, 1.82) is 0 Å². The van der Waals surface area contributed by atoms with E-state index >= 15 is 0 Å². The van der Waals surface area contributed by atoms with Crippen molar-refractivity contribution < 1.29 is 22.8 Å². The van der Waals surface area contributed by atoms with Gasteiger partial charge in [0.25, 0.3) is 5.91 Å². The first kappa shape index (κ1) is 22.8. The molecule has 1 aliphatic rings. The summed E-state index contributed by atoms with van der Waals surface area (Å²) in [6.45, 7) is 0. The van der Waals surface area contributed by atoms with Crippen LogP contribution in [0.25, 0.3) is 5.82 Å². The maximum absolute atomic E-state index is 13.4. The molecule has 2 N–H and O–H groups in total. The minimum absolute atomic E-state index is 0.0261. The van der Waals surface area contributed by atoms with E-state index in [1.54, 1.807) is 0 Å². The zero-order valence-electron chi connectivity index (χ0n) is 17.4. The Kier molecular flexibility index (Phi) is 6.11. The van der Waals surface area contributed by atoms with Gasteiger partial charge in [-0.3, -0.25) is 9.59 Å². The Morgan fingerprint density at radius 2 is 1.82 bits per heavy atom. The number of amides is 2. The Hall–Kier alpha value is -3.40. The van der Waals surface area contributed by atoms with Gasteiger partial charge in [-0.15, -0.1) is 0 Å². The van der Waals surface area contributed by atoms with Gasteiger partial charge in [-0.25, -0.2) is 9.67 Å². The molecule has 0 aliphatic heterocycles. The summed E-state index contributed by atoms with van der Waals surface area (Å²) < 4.78 is 40.9. The molecule has 4 rings (SSSR count). The maximum Gasteiger partial charge on any atom is 0.435 e. The second kappa shape index (κ2) is 8.86. The maximum atomic E-state index is 13.4. The largest absolute Gasteiger partial charge is 0.435 e. The molecule has 2 aromatic heterocycles. The number of nitrogens with one attached hydrogen (secondary N) is 2. The summed E-state index contributed by atoms with van der Waals surface area (Å²) in [7, 11) is 1.50. The predicted octanol–water partition coefficient (Wildman–Crippen LogP) is 3.20. The number of alkyl halides is 3. The minimum atomic E-state index is -4.78. The Morgan fingerprint density at radius 3 is 2.45 bits per heavy atom. The van der Waals surface area contributed by atoms with Crippen LogP contribution >= 0.6 is 11.6 Å². The molecule has 11 heteroatoms. The number of hydrogen-bond acceptors (Lipinski definition) is 4. The second-order valence-corrected chi connectivity index (χ2v) is 8.02. The quantitative estimate of drug-likeness (QED) is 0.604. The zero-order chi connectivity index (χ0) is 23.8. The van der Waals surface area contributed by atoms with E-state index < -0.39 is 35.4 Å². The van der Waals surface area contributed by atoms with E-state index in [-0.39, 0.29) is 16.7 Å². The van der Waals surface area contributed by atoms with Crippen molar-refractivity contribution in [3.05, 3.63) is 76.2 Å². The van der Waals surface area contributed by atoms with E-state index in [1.165, 1.54) is 25.4 Å². The number of rotatable bonds is 4. The first-order valence-corrected chi connectivity index (χ1v) is 10.4. The summed E-state index contributed by atoms with van der Waals surface area (Å²) in [4.78, 5) is 29.7. The van der Waals surface area contributed by atoms with E-state index in [4.69, 9.17) is 11.6 Å². The van der Waals surface area contributed by atoms with Gasteiger partial charge >= 0.3 is 6.18 Å². The van der Waals surface area contributed by atoms with Crippen molar-refractivity contribution in [1.82, 2.24) is 25.4 Å². The number of halogens is 4. The van der Waals surface area contributed by atoms with Gasteiger partial charge in [0.15, 0.2) is 11.5 Å². The van der Waals surface area contributed by atoms with Gasteiger partial charge in [-0.1, -0.05) is 35.9 Å². The lowest BCUT2D eigenvalue weighted by Crippen LogP contribution is -2.50. The molecule has 3 aromatic rings. The van der Waals surface area contributed by atoms with Crippen molar-refractivity contribution in [2.24, 2.45) is 5.92 Å². The third kappa shape index (κ3) is 4.56. The first-order valence-electron chi connectivity index (χ1n) is 10.1. The van der Waals surface area contributed by atoms with Gasteiger partial charge in [-0.2, -0.15) is 18.3 Å². The molecule has 0 fully saturated rings. The van der Waals surface area contributed by atoms with Gasteiger partial charge in [0.1, 0.15) is 5.69 Å². The molecule has 0 spiro atoms. The molecule has 7 nitrogen and oxygen atoms in total. The lowest BCUT2D eigenvalue weighted by molar-refractivity contribution is -0.141. The molecule has 1 aliphatic carbocycles. The minimum Gasteiger partial charge on any atom is -0.359 e. The van der Waals surface area contributed by atoms with Crippen molar-refractivity contribution in [2.75, 3.05) is 7.05 Å². The topological polar surface area (TPSA) is 88.9 Å². The second-order valence-electron chi connectivity index (χ2n) is 7.61. The number of nitrogens with zero attached hydrogens (tertiary/aromatic N) is 3. The average molecular weight is 478 g/mol. The van der Waals surface area contributed by atoms with Gasteiger partial charge in [0.2, 0.25) is 5.91 Å². The third-order valence-electron chi connectivity index (χ3n) is 5.56.